The van der Waals surface area contributed by atoms with Gasteiger partial charge in [0.1, 0.15) is 12.2 Å². The van der Waals surface area contributed by atoms with Crippen LogP contribution in [-0.2, 0) is 19.0 Å². The first-order valence-electron chi connectivity index (χ1n) is 13.0. The quantitative estimate of drug-likeness (QED) is 0.370. The number of esters is 2. The molecule has 2 bridgehead atoms. The average Bonchev–Trinajstić information content (AvgIpc) is 3.21. The lowest BCUT2D eigenvalue weighted by Gasteiger charge is -2.62. The molecule has 0 N–H and O–H groups in total. The molecule has 1 aromatic rings. The van der Waals surface area contributed by atoms with E-state index in [0.717, 1.165) is 58.0 Å². The van der Waals surface area contributed by atoms with E-state index in [1.54, 1.807) is 0 Å². The lowest BCUT2D eigenvalue weighted by Crippen LogP contribution is -2.64. The maximum absolute atomic E-state index is 12.9. The van der Waals surface area contributed by atoms with E-state index in [4.69, 9.17) is 14.2 Å². The van der Waals surface area contributed by atoms with Crippen LogP contribution in [0.1, 0.15) is 75.6 Å². The number of ether oxygens (including phenoxy) is 3. The Balaban J connectivity index is 1.23. The fraction of sp³-hybridized carbons (Fsp3) is 0.714. The predicted molar refractivity (Wildman–Crippen MR) is 131 cm³/mol. The van der Waals surface area contributed by atoms with Gasteiger partial charge in [-0.15, -0.1) is 0 Å². The number of hydrogen-bond donors (Lipinski definition) is 0. The SMILES string of the molecule is CC(=O)O[C@H]1CC[C@]23CO[C@H](C[C@H]4[C@@H]5CC[C@H](OC(=O)c6ccccc6)[C@@]5(C)CC[C@@H]42)[C@@]3(Br)C1. The van der Waals surface area contributed by atoms with E-state index < -0.39 is 0 Å². The molecule has 1 saturated heterocycles. The molecule has 5 aliphatic rings. The van der Waals surface area contributed by atoms with Crippen LogP contribution in [0.5, 0.6) is 0 Å². The monoisotopic (exact) mass is 530 g/mol. The third kappa shape index (κ3) is 3.20. The molecule has 1 aliphatic heterocycles. The minimum atomic E-state index is -0.191. The molecule has 0 spiro atoms. The summed E-state index contributed by atoms with van der Waals surface area (Å²) in [5, 5.41) is 0. The van der Waals surface area contributed by atoms with Crippen molar-refractivity contribution in [3.05, 3.63) is 35.9 Å². The molecule has 184 valence electrons. The molecule has 5 nitrogen and oxygen atoms in total. The minimum Gasteiger partial charge on any atom is -0.463 e. The summed E-state index contributed by atoms with van der Waals surface area (Å²) < 4.78 is 18.2. The van der Waals surface area contributed by atoms with Crippen LogP contribution in [0, 0.1) is 28.6 Å². The topological polar surface area (TPSA) is 61.8 Å². The maximum Gasteiger partial charge on any atom is 0.338 e. The molecule has 0 aromatic heterocycles. The fourth-order valence-electron chi connectivity index (χ4n) is 8.95. The van der Waals surface area contributed by atoms with Crippen molar-refractivity contribution in [2.24, 2.45) is 28.6 Å². The Hall–Kier alpha value is -1.40. The predicted octanol–water partition coefficient (Wildman–Crippen LogP) is 5.69. The van der Waals surface area contributed by atoms with Gasteiger partial charge in [0.15, 0.2) is 0 Å². The summed E-state index contributed by atoms with van der Waals surface area (Å²) in [5.41, 5.74) is 0.778. The molecule has 6 heteroatoms. The van der Waals surface area contributed by atoms with Crippen LogP contribution in [-0.4, -0.2) is 41.2 Å². The van der Waals surface area contributed by atoms with Gasteiger partial charge in [-0.25, -0.2) is 4.79 Å². The second-order valence-electron chi connectivity index (χ2n) is 11.8. The number of halogens is 1. The van der Waals surface area contributed by atoms with E-state index in [9.17, 15) is 9.59 Å². The van der Waals surface area contributed by atoms with Gasteiger partial charge in [0.2, 0.25) is 0 Å². The van der Waals surface area contributed by atoms with Crippen LogP contribution in [0.25, 0.3) is 0 Å². The van der Waals surface area contributed by atoms with E-state index in [1.807, 2.05) is 30.3 Å². The Morgan fingerprint density at radius 2 is 1.82 bits per heavy atom. The Morgan fingerprint density at radius 1 is 1.03 bits per heavy atom. The zero-order valence-electron chi connectivity index (χ0n) is 20.1. The number of alkyl halides is 1. The van der Waals surface area contributed by atoms with Crippen molar-refractivity contribution in [3.8, 4) is 0 Å². The number of carbonyl (C=O) groups excluding carboxylic acids is 2. The largest absolute Gasteiger partial charge is 0.463 e. The molecular weight excluding hydrogens is 496 g/mol. The van der Waals surface area contributed by atoms with Crippen molar-refractivity contribution in [1.82, 2.24) is 0 Å². The molecule has 1 heterocycles. The van der Waals surface area contributed by atoms with Crippen molar-refractivity contribution >= 4 is 27.9 Å². The van der Waals surface area contributed by atoms with Crippen molar-refractivity contribution in [2.75, 3.05) is 6.61 Å². The van der Waals surface area contributed by atoms with E-state index >= 15 is 0 Å². The normalized spacial score (nSPS) is 46.7. The zero-order valence-corrected chi connectivity index (χ0v) is 21.7. The second-order valence-corrected chi connectivity index (χ2v) is 13.2. The molecule has 4 aliphatic carbocycles. The van der Waals surface area contributed by atoms with Crippen LogP contribution in [0.3, 0.4) is 0 Å². The first-order valence-corrected chi connectivity index (χ1v) is 13.8. The maximum atomic E-state index is 12.9. The van der Waals surface area contributed by atoms with Gasteiger partial charge in [-0.1, -0.05) is 41.1 Å². The summed E-state index contributed by atoms with van der Waals surface area (Å²) in [6, 6.07) is 9.38. The summed E-state index contributed by atoms with van der Waals surface area (Å²) in [4.78, 5) is 24.5. The van der Waals surface area contributed by atoms with Crippen molar-refractivity contribution in [2.45, 2.75) is 87.9 Å². The average molecular weight is 531 g/mol. The van der Waals surface area contributed by atoms with Gasteiger partial charge >= 0.3 is 11.9 Å². The highest BCUT2D eigenvalue weighted by molar-refractivity contribution is 9.10. The highest BCUT2D eigenvalue weighted by Crippen LogP contribution is 2.72. The van der Waals surface area contributed by atoms with Crippen molar-refractivity contribution in [1.29, 1.82) is 0 Å². The van der Waals surface area contributed by atoms with Crippen molar-refractivity contribution in [3.63, 3.8) is 0 Å². The summed E-state index contributed by atoms with van der Waals surface area (Å²) in [5.74, 6) is 1.38. The highest BCUT2D eigenvalue weighted by atomic mass is 79.9. The molecule has 9 atom stereocenters. The van der Waals surface area contributed by atoms with Crippen LogP contribution in [0.4, 0.5) is 0 Å². The molecule has 1 aromatic carbocycles. The highest BCUT2D eigenvalue weighted by Gasteiger charge is 2.72. The summed E-state index contributed by atoms with van der Waals surface area (Å²) in [6.07, 6.45) is 8.30. The third-order valence-corrected chi connectivity index (χ3v) is 12.1. The van der Waals surface area contributed by atoms with Gasteiger partial charge in [0.05, 0.1) is 22.6 Å². The minimum absolute atomic E-state index is 0.0161. The van der Waals surface area contributed by atoms with Gasteiger partial charge in [-0.05, 0) is 74.8 Å². The number of rotatable bonds is 3. The molecule has 0 amide bonds. The summed E-state index contributed by atoms with van der Waals surface area (Å²) >= 11 is 4.22. The Kier molecular flexibility index (Phi) is 5.46. The van der Waals surface area contributed by atoms with E-state index in [0.29, 0.717) is 23.3 Å². The fourth-order valence-corrected chi connectivity index (χ4v) is 10.2. The molecule has 4 saturated carbocycles. The Bertz CT molecular complexity index is 982. The lowest BCUT2D eigenvalue weighted by molar-refractivity contribution is -0.154. The van der Waals surface area contributed by atoms with E-state index in [1.165, 1.54) is 6.92 Å². The van der Waals surface area contributed by atoms with E-state index in [-0.39, 0.29) is 45.4 Å². The number of benzene rings is 1. The lowest BCUT2D eigenvalue weighted by atomic mass is 9.45. The van der Waals surface area contributed by atoms with Crippen LogP contribution < -0.4 is 0 Å². The van der Waals surface area contributed by atoms with Crippen LogP contribution in [0.2, 0.25) is 0 Å². The van der Waals surface area contributed by atoms with Crippen molar-refractivity contribution < 1.29 is 23.8 Å². The van der Waals surface area contributed by atoms with Crippen LogP contribution >= 0.6 is 15.9 Å². The first kappa shape index (κ1) is 23.0. The molecule has 0 radical (unpaired) electrons. The van der Waals surface area contributed by atoms with Gasteiger partial charge in [-0.3, -0.25) is 4.79 Å². The molecule has 5 fully saturated rings. The standard InChI is InChI=1S/C28H35BrO5/c1-17(30)33-19-10-13-27-16-32-24(28(27,29)15-19)14-20-21-8-9-23(26(21,2)12-11-22(20)27)34-25(31)18-6-4-3-5-7-18/h3-7,19-24H,8-16H2,1-2H3/t19-,20-,21-,22-,23-,24+,26-,27-,28-/m0/s1. The van der Waals surface area contributed by atoms with Gasteiger partial charge in [-0.2, -0.15) is 0 Å². The molecular formula is C28H35BrO5. The second kappa shape index (κ2) is 8.06. The number of fused-ring (bicyclic) bond motifs is 3. The number of carbonyl (C=O) groups is 2. The third-order valence-electron chi connectivity index (χ3n) is 10.5. The smallest absolute Gasteiger partial charge is 0.338 e. The Labute approximate surface area is 210 Å². The number of hydrogen-bond acceptors (Lipinski definition) is 5. The summed E-state index contributed by atoms with van der Waals surface area (Å²) in [7, 11) is 0. The molecule has 34 heavy (non-hydrogen) atoms. The summed E-state index contributed by atoms with van der Waals surface area (Å²) in [6.45, 7) is 4.70. The van der Waals surface area contributed by atoms with E-state index in [2.05, 4.69) is 22.9 Å². The van der Waals surface area contributed by atoms with Gasteiger partial charge in [0, 0.05) is 24.2 Å². The first-order chi connectivity index (χ1) is 16.3. The molecule has 0 unspecified atom stereocenters. The Morgan fingerprint density at radius 3 is 2.59 bits per heavy atom. The molecule has 6 rings (SSSR count). The van der Waals surface area contributed by atoms with Gasteiger partial charge < -0.3 is 14.2 Å². The van der Waals surface area contributed by atoms with Gasteiger partial charge in [0.25, 0.3) is 0 Å². The van der Waals surface area contributed by atoms with Crippen LogP contribution in [0.15, 0.2) is 30.3 Å². The zero-order chi connectivity index (χ0) is 23.7.